The summed E-state index contributed by atoms with van der Waals surface area (Å²) in [7, 11) is 5.58. The highest BCUT2D eigenvalue weighted by Crippen LogP contribution is 2.20. The second kappa shape index (κ2) is 9.34. The van der Waals surface area contributed by atoms with Crippen LogP contribution in [0.15, 0.2) is 41.8 Å². The van der Waals surface area contributed by atoms with E-state index in [1.54, 1.807) is 13.2 Å². The van der Waals surface area contributed by atoms with Crippen molar-refractivity contribution >= 4 is 23.0 Å². The highest BCUT2D eigenvalue weighted by Gasteiger charge is 2.16. The number of carbonyl (C=O) groups excluding carboxylic acids is 2. The maximum atomic E-state index is 12.1. The Morgan fingerprint density at radius 3 is 2.44 bits per heavy atom. The number of Topliss-reactive ketones (excluding diaryl/α,β-unsaturated/α-hetero) is 1. The summed E-state index contributed by atoms with van der Waals surface area (Å²) >= 11 is 1.41. The molecule has 0 saturated carbocycles. The number of hydrogen-bond acceptors (Lipinski definition) is 5. The summed E-state index contributed by atoms with van der Waals surface area (Å²) in [4.78, 5) is 26.8. The molecule has 1 aromatic heterocycles. The molecule has 1 amide bonds. The first-order valence-electron chi connectivity index (χ1n) is 8.15. The molecule has 0 aliphatic heterocycles. The van der Waals surface area contributed by atoms with E-state index in [0.29, 0.717) is 11.4 Å². The zero-order valence-electron chi connectivity index (χ0n) is 14.8. The van der Waals surface area contributed by atoms with E-state index in [-0.39, 0.29) is 30.6 Å². The Morgan fingerprint density at radius 2 is 1.88 bits per heavy atom. The molecule has 0 saturated heterocycles. The molecular weight excluding hydrogens is 336 g/mol. The van der Waals surface area contributed by atoms with E-state index in [2.05, 4.69) is 10.2 Å². The van der Waals surface area contributed by atoms with Crippen LogP contribution in [0.3, 0.4) is 0 Å². The van der Waals surface area contributed by atoms with Gasteiger partial charge in [-0.05, 0) is 43.2 Å². The highest BCUT2D eigenvalue weighted by molar-refractivity contribution is 7.12. The Labute approximate surface area is 152 Å². The fraction of sp³-hybridized carbons (Fsp3) is 0.368. The van der Waals surface area contributed by atoms with Crippen molar-refractivity contribution in [3.05, 3.63) is 52.2 Å². The van der Waals surface area contributed by atoms with Crippen molar-refractivity contribution in [2.45, 2.75) is 18.9 Å². The van der Waals surface area contributed by atoms with Gasteiger partial charge >= 0.3 is 0 Å². The number of ketones is 1. The number of carbonyl (C=O) groups is 2. The number of ether oxygens (including phenoxy) is 1. The average molecular weight is 360 g/mol. The second-order valence-electron chi connectivity index (χ2n) is 5.96. The minimum absolute atomic E-state index is 0.0180. The van der Waals surface area contributed by atoms with Gasteiger partial charge in [0.2, 0.25) is 5.91 Å². The van der Waals surface area contributed by atoms with Gasteiger partial charge in [-0.3, -0.25) is 9.59 Å². The highest BCUT2D eigenvalue weighted by atomic mass is 32.1. The maximum absolute atomic E-state index is 12.1. The molecular formula is C19H24N2O3S. The smallest absolute Gasteiger partial charge is 0.220 e. The Bertz CT molecular complexity index is 681. The standard InChI is InChI=1S/C19H24N2O3S/c1-21(2)16(14-6-8-15(24-3)9-7-14)13-20-19(23)11-10-17(22)18-5-4-12-25-18/h4-9,12,16H,10-11,13H2,1-3H3,(H,20,23)/t16-/m1/s1. The van der Waals surface area contributed by atoms with Gasteiger partial charge in [0.1, 0.15) is 5.75 Å². The van der Waals surface area contributed by atoms with Crippen LogP contribution in [-0.2, 0) is 4.79 Å². The van der Waals surface area contributed by atoms with E-state index in [1.807, 2.05) is 49.8 Å². The van der Waals surface area contributed by atoms with Gasteiger partial charge in [-0.15, -0.1) is 11.3 Å². The fourth-order valence-electron chi connectivity index (χ4n) is 2.51. The average Bonchev–Trinajstić information content (AvgIpc) is 3.15. The third-order valence-electron chi connectivity index (χ3n) is 3.99. The quantitative estimate of drug-likeness (QED) is 0.698. The lowest BCUT2D eigenvalue weighted by Crippen LogP contribution is -2.34. The number of nitrogens with one attached hydrogen (secondary N) is 1. The van der Waals surface area contributed by atoms with E-state index >= 15 is 0 Å². The molecule has 0 spiro atoms. The molecule has 5 nitrogen and oxygen atoms in total. The number of amides is 1. The number of hydrogen-bond donors (Lipinski definition) is 1. The molecule has 6 heteroatoms. The van der Waals surface area contributed by atoms with Gasteiger partial charge < -0.3 is 15.0 Å². The van der Waals surface area contributed by atoms with Crippen LogP contribution in [0.4, 0.5) is 0 Å². The van der Waals surface area contributed by atoms with Crippen molar-refractivity contribution in [1.82, 2.24) is 10.2 Å². The molecule has 0 fully saturated rings. The van der Waals surface area contributed by atoms with Gasteiger partial charge in [0.15, 0.2) is 5.78 Å². The van der Waals surface area contributed by atoms with Gasteiger partial charge in [-0.25, -0.2) is 0 Å². The summed E-state index contributed by atoms with van der Waals surface area (Å²) in [5, 5.41) is 4.80. The van der Waals surface area contributed by atoms with Gasteiger partial charge in [0.05, 0.1) is 18.0 Å². The number of nitrogens with zero attached hydrogens (tertiary/aromatic N) is 1. The predicted molar refractivity (Wildman–Crippen MR) is 100 cm³/mol. The van der Waals surface area contributed by atoms with Crippen molar-refractivity contribution in [2.24, 2.45) is 0 Å². The Hall–Kier alpha value is -2.18. The predicted octanol–water partition coefficient (Wildman–Crippen LogP) is 3.14. The summed E-state index contributed by atoms with van der Waals surface area (Å²) in [6.07, 6.45) is 0.445. The minimum atomic E-state index is -0.106. The zero-order valence-corrected chi connectivity index (χ0v) is 15.6. The number of benzene rings is 1. The van der Waals surface area contributed by atoms with Crippen LogP contribution >= 0.6 is 11.3 Å². The number of methoxy groups -OCH3 is 1. The molecule has 134 valence electrons. The normalized spacial score (nSPS) is 12.0. The number of thiophene rings is 1. The summed E-state index contributed by atoms with van der Waals surface area (Å²) in [6, 6.07) is 11.5. The summed E-state index contributed by atoms with van der Waals surface area (Å²) in [5.41, 5.74) is 1.10. The van der Waals surface area contributed by atoms with Crippen molar-refractivity contribution in [1.29, 1.82) is 0 Å². The molecule has 25 heavy (non-hydrogen) atoms. The third kappa shape index (κ3) is 5.69. The number of rotatable bonds is 9. The van der Waals surface area contributed by atoms with Gasteiger partial charge in [-0.2, -0.15) is 0 Å². The first-order chi connectivity index (χ1) is 12.0. The van der Waals surface area contributed by atoms with Gasteiger partial charge in [0.25, 0.3) is 0 Å². The molecule has 0 aliphatic carbocycles. The molecule has 0 unspecified atom stereocenters. The van der Waals surface area contributed by atoms with Crippen LogP contribution in [0.1, 0.15) is 34.1 Å². The fourth-order valence-corrected chi connectivity index (χ4v) is 3.21. The first-order valence-corrected chi connectivity index (χ1v) is 9.03. The molecule has 0 bridgehead atoms. The molecule has 1 N–H and O–H groups in total. The minimum Gasteiger partial charge on any atom is -0.497 e. The molecule has 1 heterocycles. The lowest BCUT2D eigenvalue weighted by molar-refractivity contribution is -0.121. The monoisotopic (exact) mass is 360 g/mol. The summed E-state index contributed by atoms with van der Waals surface area (Å²) < 4.78 is 5.18. The van der Waals surface area contributed by atoms with Gasteiger partial charge in [-0.1, -0.05) is 18.2 Å². The Kier molecular flexibility index (Phi) is 7.16. The van der Waals surface area contributed by atoms with Crippen molar-refractivity contribution in [2.75, 3.05) is 27.7 Å². The third-order valence-corrected chi connectivity index (χ3v) is 4.90. The topological polar surface area (TPSA) is 58.6 Å². The van der Waals surface area contributed by atoms with Crippen molar-refractivity contribution in [3.8, 4) is 5.75 Å². The van der Waals surface area contributed by atoms with E-state index < -0.39 is 0 Å². The molecule has 0 aliphatic rings. The number of likely N-dealkylation sites (N-methyl/N-ethyl adjacent to an activating group) is 1. The van der Waals surface area contributed by atoms with Crippen molar-refractivity contribution < 1.29 is 14.3 Å². The Morgan fingerprint density at radius 1 is 1.16 bits per heavy atom. The van der Waals surface area contributed by atoms with Crippen LogP contribution in [0.25, 0.3) is 0 Å². The summed E-state index contributed by atoms with van der Waals surface area (Å²) in [5.74, 6) is 0.715. The van der Waals surface area contributed by atoms with Gasteiger partial charge in [0, 0.05) is 19.4 Å². The first kappa shape index (κ1) is 19.1. The second-order valence-corrected chi connectivity index (χ2v) is 6.90. The zero-order chi connectivity index (χ0) is 18.2. The SMILES string of the molecule is COc1ccc([C@@H](CNC(=O)CCC(=O)c2cccs2)N(C)C)cc1. The van der Waals surface area contributed by atoms with Crippen LogP contribution < -0.4 is 10.1 Å². The molecule has 0 radical (unpaired) electrons. The molecule has 1 atom stereocenters. The lowest BCUT2D eigenvalue weighted by atomic mass is 10.1. The van der Waals surface area contributed by atoms with E-state index in [0.717, 1.165) is 11.3 Å². The lowest BCUT2D eigenvalue weighted by Gasteiger charge is -2.25. The van der Waals surface area contributed by atoms with Crippen LogP contribution in [0.5, 0.6) is 5.75 Å². The van der Waals surface area contributed by atoms with E-state index in [4.69, 9.17) is 4.74 Å². The molecule has 2 rings (SSSR count). The van der Waals surface area contributed by atoms with Crippen LogP contribution in [-0.4, -0.2) is 44.3 Å². The Balaban J connectivity index is 1.85. The van der Waals surface area contributed by atoms with Crippen LogP contribution in [0, 0.1) is 0 Å². The largest absolute Gasteiger partial charge is 0.497 e. The summed E-state index contributed by atoms with van der Waals surface area (Å²) in [6.45, 7) is 0.491. The molecule has 1 aromatic carbocycles. The van der Waals surface area contributed by atoms with E-state index in [1.165, 1.54) is 11.3 Å². The van der Waals surface area contributed by atoms with E-state index in [9.17, 15) is 9.59 Å². The molecule has 2 aromatic rings. The maximum Gasteiger partial charge on any atom is 0.220 e. The van der Waals surface area contributed by atoms with Crippen LogP contribution in [0.2, 0.25) is 0 Å². The van der Waals surface area contributed by atoms with Crippen molar-refractivity contribution in [3.63, 3.8) is 0 Å².